The highest BCUT2D eigenvalue weighted by atomic mass is 32.2. The molecule has 18 heavy (non-hydrogen) atoms. The van der Waals surface area contributed by atoms with Crippen molar-refractivity contribution in [1.29, 1.82) is 0 Å². The van der Waals surface area contributed by atoms with E-state index in [1.165, 1.54) is 16.4 Å². The zero-order valence-electron chi connectivity index (χ0n) is 10.5. The Morgan fingerprint density at radius 1 is 1.39 bits per heavy atom. The van der Waals surface area contributed by atoms with Crippen LogP contribution < -0.4 is 0 Å². The van der Waals surface area contributed by atoms with Crippen LogP contribution in [0.15, 0.2) is 21.6 Å². The van der Waals surface area contributed by atoms with E-state index in [0.717, 1.165) is 19.3 Å². The first-order chi connectivity index (χ1) is 8.54. The molecule has 2 rings (SSSR count). The van der Waals surface area contributed by atoms with Crippen molar-refractivity contribution < 1.29 is 17.9 Å². The molecule has 0 aliphatic carbocycles. The molecule has 1 aromatic heterocycles. The van der Waals surface area contributed by atoms with Gasteiger partial charge in [-0.2, -0.15) is 4.31 Å². The minimum atomic E-state index is -3.54. The predicted octanol–water partition coefficient (Wildman–Crippen LogP) is 1.58. The van der Waals surface area contributed by atoms with Crippen LogP contribution >= 0.6 is 0 Å². The number of hydrogen-bond donors (Lipinski definition) is 1. The summed E-state index contributed by atoms with van der Waals surface area (Å²) in [6.07, 6.45) is 2.83. The monoisotopic (exact) mass is 273 g/mol. The minimum absolute atomic E-state index is 0.0684. The molecule has 102 valence electrons. The molecule has 0 spiro atoms. The van der Waals surface area contributed by atoms with Gasteiger partial charge in [0.15, 0.2) is 0 Å². The number of sulfonamides is 1. The number of aliphatic hydroxyl groups is 1. The summed E-state index contributed by atoms with van der Waals surface area (Å²) in [7, 11) is -3.54. The van der Waals surface area contributed by atoms with Gasteiger partial charge in [0, 0.05) is 13.1 Å². The van der Waals surface area contributed by atoms with E-state index in [9.17, 15) is 8.42 Å². The maximum atomic E-state index is 12.3. The molecule has 1 aliphatic heterocycles. The molecule has 5 nitrogen and oxygen atoms in total. The second-order valence-corrected chi connectivity index (χ2v) is 6.69. The smallest absolute Gasteiger partial charge is 0.276 e. The normalized spacial score (nSPS) is 22.9. The fraction of sp³-hybridized carbons (Fsp3) is 0.667. The molecule has 1 N–H and O–H groups in total. The summed E-state index contributed by atoms with van der Waals surface area (Å²) in [5.41, 5.74) is 0. The number of aliphatic hydroxyl groups excluding tert-OH is 1. The van der Waals surface area contributed by atoms with E-state index in [0.29, 0.717) is 19.0 Å². The molecule has 0 radical (unpaired) electrons. The lowest BCUT2D eigenvalue weighted by Gasteiger charge is -2.18. The highest BCUT2D eigenvalue weighted by molar-refractivity contribution is 7.89. The summed E-state index contributed by atoms with van der Waals surface area (Å²) in [6.45, 7) is 2.94. The average Bonchev–Trinajstić information content (AvgIpc) is 2.72. The fourth-order valence-electron chi connectivity index (χ4n) is 2.19. The summed E-state index contributed by atoms with van der Waals surface area (Å²) >= 11 is 0. The maximum Gasteiger partial charge on any atom is 0.276 e. The Morgan fingerprint density at radius 2 is 2.17 bits per heavy atom. The lowest BCUT2D eigenvalue weighted by molar-refractivity contribution is 0.235. The highest BCUT2D eigenvalue weighted by Gasteiger charge is 2.29. The number of nitrogens with zero attached hydrogens (tertiary/aromatic N) is 1. The number of furan rings is 1. The van der Waals surface area contributed by atoms with Crippen molar-refractivity contribution in [3.63, 3.8) is 0 Å². The van der Waals surface area contributed by atoms with E-state index in [1.807, 2.05) is 0 Å². The molecule has 1 atom stereocenters. The van der Waals surface area contributed by atoms with Crippen molar-refractivity contribution in [2.75, 3.05) is 13.1 Å². The summed E-state index contributed by atoms with van der Waals surface area (Å²) in [5.74, 6) is 0.839. The average molecular weight is 273 g/mol. The molecule has 0 amide bonds. The molecule has 1 fully saturated rings. The molecule has 1 aromatic rings. The molecule has 0 saturated carbocycles. The van der Waals surface area contributed by atoms with Crippen molar-refractivity contribution in [2.24, 2.45) is 5.92 Å². The van der Waals surface area contributed by atoms with Gasteiger partial charge >= 0.3 is 0 Å². The third kappa shape index (κ3) is 2.76. The minimum Gasteiger partial charge on any atom is -0.446 e. The van der Waals surface area contributed by atoms with E-state index in [1.54, 1.807) is 0 Å². The van der Waals surface area contributed by atoms with Gasteiger partial charge in [-0.3, -0.25) is 0 Å². The second kappa shape index (κ2) is 5.42. The lowest BCUT2D eigenvalue weighted by atomic mass is 10.0. The summed E-state index contributed by atoms with van der Waals surface area (Å²) in [5, 5.41) is 8.84. The lowest BCUT2D eigenvalue weighted by Crippen LogP contribution is -2.31. The molecule has 2 heterocycles. The van der Waals surface area contributed by atoms with E-state index in [2.05, 4.69) is 6.92 Å². The van der Waals surface area contributed by atoms with E-state index in [4.69, 9.17) is 9.52 Å². The molecule has 1 saturated heterocycles. The summed E-state index contributed by atoms with van der Waals surface area (Å²) in [6, 6.07) is 2.91. The maximum absolute atomic E-state index is 12.3. The summed E-state index contributed by atoms with van der Waals surface area (Å²) in [4.78, 5) is 0. The van der Waals surface area contributed by atoms with Gasteiger partial charge in [0.1, 0.15) is 12.4 Å². The van der Waals surface area contributed by atoms with E-state index < -0.39 is 10.0 Å². The topological polar surface area (TPSA) is 70.8 Å². The van der Waals surface area contributed by atoms with E-state index >= 15 is 0 Å². The van der Waals surface area contributed by atoms with Gasteiger partial charge in [-0.05, 0) is 37.3 Å². The largest absolute Gasteiger partial charge is 0.446 e. The van der Waals surface area contributed by atoms with Crippen LogP contribution in [0.5, 0.6) is 0 Å². The van der Waals surface area contributed by atoms with Gasteiger partial charge in [0.25, 0.3) is 10.0 Å². The van der Waals surface area contributed by atoms with Crippen molar-refractivity contribution in [3.05, 3.63) is 17.9 Å². The Bertz CT molecular complexity index is 494. The third-order valence-corrected chi connectivity index (χ3v) is 5.14. The first-order valence-electron chi connectivity index (χ1n) is 6.24. The van der Waals surface area contributed by atoms with Gasteiger partial charge in [-0.25, -0.2) is 8.42 Å². The quantitative estimate of drug-likeness (QED) is 0.907. The van der Waals surface area contributed by atoms with Crippen LogP contribution in [-0.2, 0) is 16.6 Å². The van der Waals surface area contributed by atoms with Gasteiger partial charge in [0.2, 0.25) is 5.09 Å². The van der Waals surface area contributed by atoms with Crippen molar-refractivity contribution >= 4 is 10.0 Å². The first-order valence-corrected chi connectivity index (χ1v) is 7.68. The SMILES string of the molecule is CC1CCCN(S(=O)(=O)c2ccc(CO)o2)CC1. The molecule has 0 bridgehead atoms. The molecule has 6 heteroatoms. The third-order valence-electron chi connectivity index (χ3n) is 3.36. The molecular weight excluding hydrogens is 254 g/mol. The fourth-order valence-corrected chi connectivity index (χ4v) is 3.61. The van der Waals surface area contributed by atoms with Crippen LogP contribution in [0.25, 0.3) is 0 Å². The Hall–Kier alpha value is -0.850. The van der Waals surface area contributed by atoms with Crippen LogP contribution in [0.3, 0.4) is 0 Å². The zero-order valence-corrected chi connectivity index (χ0v) is 11.3. The summed E-state index contributed by atoms with van der Waals surface area (Å²) < 4.78 is 31.3. The number of hydrogen-bond acceptors (Lipinski definition) is 4. The Kier molecular flexibility index (Phi) is 4.09. The van der Waals surface area contributed by atoms with Crippen LogP contribution in [0.4, 0.5) is 0 Å². The van der Waals surface area contributed by atoms with E-state index in [-0.39, 0.29) is 17.5 Å². The van der Waals surface area contributed by atoms with Gasteiger partial charge in [0.05, 0.1) is 0 Å². The molecule has 1 aliphatic rings. The standard InChI is InChI=1S/C12H19NO4S/c1-10-3-2-7-13(8-6-10)18(15,16)12-5-4-11(9-14)17-12/h4-5,10,14H,2-3,6-9H2,1H3. The molecule has 1 unspecified atom stereocenters. The molecular formula is C12H19NO4S. The van der Waals surface area contributed by atoms with Crippen LogP contribution in [0.1, 0.15) is 31.9 Å². The van der Waals surface area contributed by atoms with Gasteiger partial charge in [-0.1, -0.05) is 6.92 Å². The van der Waals surface area contributed by atoms with Crippen LogP contribution in [0.2, 0.25) is 0 Å². The van der Waals surface area contributed by atoms with Crippen LogP contribution in [0, 0.1) is 5.92 Å². The Morgan fingerprint density at radius 3 is 2.83 bits per heavy atom. The Labute approximate surface area is 107 Å². The molecule has 0 aromatic carbocycles. The van der Waals surface area contributed by atoms with Crippen molar-refractivity contribution in [3.8, 4) is 0 Å². The van der Waals surface area contributed by atoms with Crippen molar-refractivity contribution in [2.45, 2.75) is 37.9 Å². The second-order valence-electron chi connectivity index (χ2n) is 4.82. The zero-order chi connectivity index (χ0) is 13.2. The predicted molar refractivity (Wildman–Crippen MR) is 66.4 cm³/mol. The van der Waals surface area contributed by atoms with Gasteiger partial charge < -0.3 is 9.52 Å². The van der Waals surface area contributed by atoms with Gasteiger partial charge in [-0.15, -0.1) is 0 Å². The Balaban J connectivity index is 2.19. The first kappa shape index (κ1) is 13.6. The highest BCUT2D eigenvalue weighted by Crippen LogP contribution is 2.24. The van der Waals surface area contributed by atoms with Crippen LogP contribution in [-0.4, -0.2) is 30.9 Å². The number of rotatable bonds is 3. The van der Waals surface area contributed by atoms with Crippen molar-refractivity contribution in [1.82, 2.24) is 4.31 Å².